The molecule has 0 bridgehead atoms. The zero-order valence-electron chi connectivity index (χ0n) is 53.9. The van der Waals surface area contributed by atoms with Crippen LogP contribution in [0.15, 0.2) is 0 Å². The minimum atomic E-state index is 0. The third kappa shape index (κ3) is 26.1. The fourth-order valence-corrected chi connectivity index (χ4v) is 21.9. The third-order valence-corrected chi connectivity index (χ3v) is 30.1. The Morgan fingerprint density at radius 1 is 0.278 bits per heavy atom. The third-order valence-electron chi connectivity index (χ3n) is 11.0. The maximum Gasteiger partial charge on any atom is 0.156 e. The molecule has 2 aromatic rings. The number of rotatable bonds is 0. The summed E-state index contributed by atoms with van der Waals surface area (Å²) in [6.45, 7) is 84.5. The maximum absolute atomic E-state index is 2.35. The van der Waals surface area contributed by atoms with Crippen molar-refractivity contribution in [3.63, 3.8) is 0 Å². The Kier molecular flexibility index (Phi) is 33.6. The smallest absolute Gasteiger partial charge is 0.156 e. The van der Waals surface area contributed by atoms with Crippen LogP contribution in [0.3, 0.4) is 0 Å². The van der Waals surface area contributed by atoms with Crippen LogP contribution in [0.1, 0.15) is 280 Å². The largest absolute Gasteiger partial charge is 0.307 e. The Morgan fingerprint density at radius 3 is 0.611 bits per heavy atom. The average Bonchev–Trinajstić information content (AvgIpc) is 3.85. The fraction of sp³-hybridized carbons (Fsp3) is 0.800. The summed E-state index contributed by atoms with van der Waals surface area (Å²) in [5.74, 6) is 0. The summed E-state index contributed by atoms with van der Waals surface area (Å²) in [5, 5.41) is 16.5. The molecule has 0 spiro atoms. The van der Waals surface area contributed by atoms with Crippen LogP contribution in [0.25, 0.3) is 0 Å². The Morgan fingerprint density at radius 2 is 0.500 bits per heavy atom. The monoisotopic (exact) mass is 1900 g/mol. The van der Waals surface area contributed by atoms with Crippen molar-refractivity contribution in [2.24, 2.45) is 32.5 Å². The predicted octanol–water partition coefficient (Wildman–Crippen LogP) is 23.8. The molecule has 2 aromatic heterocycles. The van der Waals surface area contributed by atoms with Gasteiger partial charge < -0.3 is 32.8 Å². The van der Waals surface area contributed by atoms with E-state index in [9.17, 15) is 0 Å². The van der Waals surface area contributed by atoms with E-state index in [2.05, 4.69) is 249 Å². The minimum Gasteiger partial charge on any atom is -0.307 e. The van der Waals surface area contributed by atoms with Gasteiger partial charge >= 0.3 is 0 Å². The summed E-state index contributed by atoms with van der Waals surface area (Å²) in [4.78, 5) is 0. The van der Waals surface area contributed by atoms with E-state index >= 15 is 0 Å². The Labute approximate surface area is 546 Å². The van der Waals surface area contributed by atoms with Crippen LogP contribution < -0.4 is 0 Å². The molecular formula is C60H108P8Tl4. The number of hydrogen-bond donors (Lipinski definition) is 0. The molecule has 4 heterocycles. The van der Waals surface area contributed by atoms with Gasteiger partial charge in [-0.15, -0.1) is 21.2 Å². The van der Waals surface area contributed by atoms with Gasteiger partial charge in [-0.3, -0.25) is 0 Å². The molecule has 0 atom stereocenters. The van der Waals surface area contributed by atoms with Crippen LogP contribution in [-0.4, -0.2) is 120 Å². The molecule has 0 nitrogen and oxygen atoms in total. The first kappa shape index (κ1) is 83.2. The molecule has 4 rings (SSSR count). The second kappa shape index (κ2) is 29.1. The van der Waals surface area contributed by atoms with Crippen LogP contribution in [-0.2, 0) is 32.5 Å². The van der Waals surface area contributed by atoms with Gasteiger partial charge in [0.05, 0.1) is 21.7 Å². The van der Waals surface area contributed by atoms with Crippen molar-refractivity contribution in [3.8, 4) is 0 Å². The molecule has 2 aliphatic heterocycles. The van der Waals surface area contributed by atoms with Crippen LogP contribution in [0.5, 0.6) is 0 Å². The van der Waals surface area contributed by atoms with Gasteiger partial charge in [-0.25, -0.2) is 0 Å². The van der Waals surface area contributed by atoms with Crippen molar-refractivity contribution >= 4 is 186 Å². The van der Waals surface area contributed by atoms with E-state index in [0.29, 0.717) is 65.0 Å². The standard InChI is InChI=1S/4C15H27P2.4Tl/c4*1-13(2,3)10-11(14(4,5)6)17-12(16-10)15(7,8)9;;;;/h4*1-9H3;;;;/q2*-1;2*+1;;;;. The van der Waals surface area contributed by atoms with Crippen molar-refractivity contribution in [1.29, 1.82) is 0 Å². The van der Waals surface area contributed by atoms with Crippen molar-refractivity contribution in [1.82, 2.24) is 0 Å². The molecule has 72 heavy (non-hydrogen) atoms. The van der Waals surface area contributed by atoms with Gasteiger partial charge in [0.1, 0.15) is 0 Å². The van der Waals surface area contributed by atoms with Crippen LogP contribution in [0.2, 0.25) is 0 Å². The molecular weight excluding hydrogens is 1790 g/mol. The fourth-order valence-electron chi connectivity index (χ4n) is 6.90. The minimum absolute atomic E-state index is 0. The summed E-state index contributed by atoms with van der Waals surface area (Å²) >= 11 is 0. The maximum atomic E-state index is 2.35. The van der Waals surface area contributed by atoms with E-state index in [4.69, 9.17) is 0 Å². The molecule has 0 fully saturated rings. The molecule has 0 saturated carbocycles. The second-order valence-corrected chi connectivity index (χ2v) is 42.3. The molecule has 2 aliphatic rings. The SMILES string of the molecule is CC(C)(C)C1=P[C+](C(C)(C)C)[P-][C+]1C(C)(C)C.CC(C)(C)C1=P[C+](C(C)(C)C)[P-][C+]1C(C)(C)C.CC(C)(C)c1pc(C(C)(C)C)c(C(C)(C)C)[p-]1.CC(C)(C)c1pc(C(C)(C)C)c(C(C)(C)C)[p-]1.[Tl].[Tl].[Tl].[Tl]. The van der Waals surface area contributed by atoms with Crippen LogP contribution in [0, 0.1) is 54.6 Å². The molecule has 4 radical (unpaired) electrons. The summed E-state index contributed by atoms with van der Waals surface area (Å²) in [6.07, 6.45) is 0. The zero-order valence-corrected chi connectivity index (χ0v) is 79.0. The van der Waals surface area contributed by atoms with E-state index in [1.165, 1.54) is 66.3 Å². The predicted molar refractivity (Wildman–Crippen MR) is 357 cm³/mol. The van der Waals surface area contributed by atoms with Gasteiger partial charge in [0.25, 0.3) is 0 Å². The quantitative estimate of drug-likeness (QED) is 0.140. The van der Waals surface area contributed by atoms with E-state index in [1.807, 2.05) is 0 Å². The van der Waals surface area contributed by atoms with Gasteiger partial charge in [-0.2, -0.15) is 10.1 Å². The Bertz CT molecular complexity index is 1790. The van der Waals surface area contributed by atoms with Crippen LogP contribution >= 0.6 is 66.3 Å². The summed E-state index contributed by atoms with van der Waals surface area (Å²) < 4.78 is 0. The number of hydrogen-bond acceptors (Lipinski definition) is 0. The average molecular weight is 1890 g/mol. The Balaban J connectivity index is -0.000000420. The molecule has 0 N–H and O–H groups in total. The van der Waals surface area contributed by atoms with Crippen molar-refractivity contribution in [2.75, 3.05) is 0 Å². The van der Waals surface area contributed by atoms with Crippen molar-refractivity contribution < 1.29 is 0 Å². The van der Waals surface area contributed by atoms with Gasteiger partial charge in [-0.1, -0.05) is 166 Å². The molecule has 0 aliphatic carbocycles. The van der Waals surface area contributed by atoms with Gasteiger partial charge in [0, 0.05) is 142 Å². The van der Waals surface area contributed by atoms with E-state index < -0.39 is 0 Å². The first-order valence-corrected chi connectivity index (χ1v) is 32.7. The van der Waals surface area contributed by atoms with E-state index in [0.717, 1.165) is 0 Å². The van der Waals surface area contributed by atoms with Gasteiger partial charge in [-0.05, 0) is 133 Å². The van der Waals surface area contributed by atoms with Crippen molar-refractivity contribution in [3.05, 3.63) is 53.4 Å². The van der Waals surface area contributed by atoms with Crippen molar-refractivity contribution in [2.45, 2.75) is 282 Å². The Hall–Kier alpha value is 4.79. The first-order valence-electron chi connectivity index (χ1n) is 25.6. The zero-order chi connectivity index (χ0) is 54.6. The van der Waals surface area contributed by atoms with Gasteiger partial charge in [0.15, 0.2) is 27.0 Å². The molecule has 400 valence electrons. The molecule has 0 unspecified atom stereocenters. The summed E-state index contributed by atoms with van der Waals surface area (Å²) in [5.41, 5.74) is 6.97. The van der Waals surface area contributed by atoms with Gasteiger partial charge in [0.2, 0.25) is 0 Å². The molecule has 0 saturated heterocycles. The normalized spacial score (nSPS) is 17.1. The van der Waals surface area contributed by atoms with E-state index in [1.54, 1.807) is 63.9 Å². The molecule has 12 heteroatoms. The summed E-state index contributed by atoms with van der Waals surface area (Å²) in [7, 11) is 11.9. The van der Waals surface area contributed by atoms with E-state index in [-0.39, 0.29) is 109 Å². The molecule has 0 amide bonds. The second-order valence-electron chi connectivity index (χ2n) is 32.0. The molecule has 0 aromatic carbocycles. The summed E-state index contributed by atoms with van der Waals surface area (Å²) in [6, 6.07) is 0. The topological polar surface area (TPSA) is 0 Å². The first-order chi connectivity index (χ1) is 29.3. The van der Waals surface area contributed by atoms with Crippen LogP contribution in [0.4, 0.5) is 0 Å².